The zero-order chi connectivity index (χ0) is 13.0. The molecule has 0 saturated carbocycles. The van der Waals surface area contributed by atoms with Crippen LogP contribution in [0.4, 0.5) is 0 Å². The van der Waals surface area contributed by atoms with Gasteiger partial charge >= 0.3 is 0 Å². The first kappa shape index (κ1) is 13.5. The SMILES string of the molecule is Cc1ccnc(S(=O)(=O)NC[C@H]2CCCCN2)c1. The monoisotopic (exact) mass is 269 g/mol. The van der Waals surface area contributed by atoms with Crippen molar-refractivity contribution < 1.29 is 8.42 Å². The van der Waals surface area contributed by atoms with Crippen LogP contribution in [-0.4, -0.2) is 32.5 Å². The van der Waals surface area contributed by atoms with E-state index in [1.165, 1.54) is 12.6 Å². The molecular formula is C12H19N3O2S. The van der Waals surface area contributed by atoms with Gasteiger partial charge in [0.1, 0.15) is 0 Å². The van der Waals surface area contributed by atoms with Crippen LogP contribution in [0.3, 0.4) is 0 Å². The summed E-state index contributed by atoms with van der Waals surface area (Å²) in [7, 11) is -3.48. The Labute approximate surface area is 108 Å². The quantitative estimate of drug-likeness (QED) is 0.848. The molecule has 0 bridgehead atoms. The number of hydrogen-bond acceptors (Lipinski definition) is 4. The zero-order valence-electron chi connectivity index (χ0n) is 10.5. The highest BCUT2D eigenvalue weighted by Gasteiger charge is 2.19. The maximum Gasteiger partial charge on any atom is 0.258 e. The number of nitrogens with zero attached hydrogens (tertiary/aromatic N) is 1. The Morgan fingerprint density at radius 1 is 1.50 bits per heavy atom. The van der Waals surface area contributed by atoms with Crippen molar-refractivity contribution >= 4 is 10.0 Å². The van der Waals surface area contributed by atoms with Crippen LogP contribution >= 0.6 is 0 Å². The first-order valence-corrected chi connectivity index (χ1v) is 7.72. The summed E-state index contributed by atoms with van der Waals surface area (Å²) in [6.45, 7) is 3.25. The lowest BCUT2D eigenvalue weighted by atomic mass is 10.1. The molecule has 2 rings (SSSR count). The minimum absolute atomic E-state index is 0.0957. The lowest BCUT2D eigenvalue weighted by Crippen LogP contribution is -2.43. The van der Waals surface area contributed by atoms with E-state index in [1.807, 2.05) is 6.92 Å². The molecule has 1 aromatic rings. The van der Waals surface area contributed by atoms with Gasteiger partial charge in [0.05, 0.1) is 0 Å². The van der Waals surface area contributed by atoms with Crippen LogP contribution in [0, 0.1) is 6.92 Å². The topological polar surface area (TPSA) is 71.1 Å². The normalized spacial score (nSPS) is 20.8. The van der Waals surface area contributed by atoms with Gasteiger partial charge in [-0.1, -0.05) is 6.42 Å². The number of aromatic nitrogens is 1. The first-order valence-electron chi connectivity index (χ1n) is 6.24. The summed E-state index contributed by atoms with van der Waals surface area (Å²) in [5.41, 5.74) is 0.890. The molecule has 0 aromatic carbocycles. The molecule has 1 saturated heterocycles. The summed E-state index contributed by atoms with van der Waals surface area (Å²) in [4.78, 5) is 3.90. The summed E-state index contributed by atoms with van der Waals surface area (Å²) < 4.78 is 26.7. The maximum atomic E-state index is 12.0. The second kappa shape index (κ2) is 5.77. The molecular weight excluding hydrogens is 250 g/mol. The minimum Gasteiger partial charge on any atom is -0.313 e. The second-order valence-electron chi connectivity index (χ2n) is 4.67. The summed E-state index contributed by atoms with van der Waals surface area (Å²) >= 11 is 0. The molecule has 100 valence electrons. The molecule has 0 aliphatic carbocycles. The van der Waals surface area contributed by atoms with Gasteiger partial charge in [0, 0.05) is 18.8 Å². The number of piperidine rings is 1. The molecule has 18 heavy (non-hydrogen) atoms. The summed E-state index contributed by atoms with van der Waals surface area (Å²) in [6, 6.07) is 3.59. The van der Waals surface area contributed by atoms with Gasteiger partial charge in [-0.05, 0) is 44.0 Å². The Hall–Kier alpha value is -0.980. The van der Waals surface area contributed by atoms with Crippen molar-refractivity contribution in [3.05, 3.63) is 23.9 Å². The molecule has 0 unspecified atom stereocenters. The summed E-state index contributed by atoms with van der Waals surface area (Å²) in [5, 5.41) is 3.40. The predicted molar refractivity (Wildman–Crippen MR) is 69.8 cm³/mol. The number of rotatable bonds is 4. The van der Waals surface area contributed by atoms with Gasteiger partial charge in [0.15, 0.2) is 5.03 Å². The molecule has 5 nitrogen and oxygen atoms in total. The van der Waals surface area contributed by atoms with E-state index in [1.54, 1.807) is 12.1 Å². The second-order valence-corrected chi connectivity index (χ2v) is 6.38. The van der Waals surface area contributed by atoms with Crippen molar-refractivity contribution in [2.24, 2.45) is 0 Å². The molecule has 6 heteroatoms. The molecule has 1 atom stereocenters. The number of aryl methyl sites for hydroxylation is 1. The average molecular weight is 269 g/mol. The Bertz CT molecular complexity index is 496. The largest absolute Gasteiger partial charge is 0.313 e. The third-order valence-corrected chi connectivity index (χ3v) is 4.42. The molecule has 1 aromatic heterocycles. The Morgan fingerprint density at radius 3 is 3.00 bits per heavy atom. The van der Waals surface area contributed by atoms with E-state index in [0.717, 1.165) is 24.9 Å². The van der Waals surface area contributed by atoms with Crippen LogP contribution in [0.2, 0.25) is 0 Å². The van der Waals surface area contributed by atoms with Gasteiger partial charge in [-0.2, -0.15) is 0 Å². The molecule has 2 heterocycles. The molecule has 0 radical (unpaired) electrons. The van der Waals surface area contributed by atoms with Gasteiger partial charge in [-0.3, -0.25) is 0 Å². The van der Waals surface area contributed by atoms with Crippen LogP contribution in [0.5, 0.6) is 0 Å². The van der Waals surface area contributed by atoms with Gasteiger partial charge in [0.25, 0.3) is 10.0 Å². The van der Waals surface area contributed by atoms with Crippen LogP contribution in [0.1, 0.15) is 24.8 Å². The smallest absolute Gasteiger partial charge is 0.258 e. The van der Waals surface area contributed by atoms with Gasteiger partial charge < -0.3 is 5.32 Å². The third kappa shape index (κ3) is 3.51. The maximum absolute atomic E-state index is 12.0. The van der Waals surface area contributed by atoms with E-state index < -0.39 is 10.0 Å². The molecule has 1 fully saturated rings. The lowest BCUT2D eigenvalue weighted by molar-refractivity contribution is 0.398. The van der Waals surface area contributed by atoms with Crippen molar-refractivity contribution in [2.75, 3.05) is 13.1 Å². The van der Waals surface area contributed by atoms with Crippen molar-refractivity contribution in [3.8, 4) is 0 Å². The van der Waals surface area contributed by atoms with E-state index in [4.69, 9.17) is 0 Å². The standard InChI is InChI=1S/C12H19N3O2S/c1-10-5-7-14-12(8-10)18(16,17)15-9-11-4-2-3-6-13-11/h5,7-8,11,13,15H,2-4,6,9H2,1H3/t11-/m1/s1. The minimum atomic E-state index is -3.48. The molecule has 0 amide bonds. The Morgan fingerprint density at radius 2 is 2.33 bits per heavy atom. The number of pyridine rings is 1. The zero-order valence-corrected chi connectivity index (χ0v) is 11.3. The number of nitrogens with one attached hydrogen (secondary N) is 2. The predicted octanol–water partition coefficient (Wildman–Crippen LogP) is 0.810. The third-order valence-electron chi connectivity index (χ3n) is 3.10. The first-order chi connectivity index (χ1) is 8.58. The fourth-order valence-corrected chi connectivity index (χ4v) is 3.15. The van der Waals surface area contributed by atoms with E-state index in [0.29, 0.717) is 6.54 Å². The molecule has 1 aliphatic rings. The van der Waals surface area contributed by atoms with Gasteiger partial charge in [-0.25, -0.2) is 18.1 Å². The summed E-state index contributed by atoms with van der Waals surface area (Å²) in [5.74, 6) is 0. The highest BCUT2D eigenvalue weighted by molar-refractivity contribution is 7.89. The van der Waals surface area contributed by atoms with Crippen molar-refractivity contribution in [3.63, 3.8) is 0 Å². The Kier molecular flexibility index (Phi) is 4.31. The van der Waals surface area contributed by atoms with Crippen LogP contribution in [0.25, 0.3) is 0 Å². The van der Waals surface area contributed by atoms with Crippen LogP contribution in [-0.2, 0) is 10.0 Å². The Balaban J connectivity index is 1.98. The van der Waals surface area contributed by atoms with E-state index in [2.05, 4.69) is 15.0 Å². The van der Waals surface area contributed by atoms with Crippen molar-refractivity contribution in [1.82, 2.24) is 15.0 Å². The average Bonchev–Trinajstić information content (AvgIpc) is 2.38. The van der Waals surface area contributed by atoms with E-state index in [-0.39, 0.29) is 11.1 Å². The lowest BCUT2D eigenvalue weighted by Gasteiger charge is -2.23. The fourth-order valence-electron chi connectivity index (χ4n) is 2.04. The van der Waals surface area contributed by atoms with Crippen molar-refractivity contribution in [2.45, 2.75) is 37.3 Å². The highest BCUT2D eigenvalue weighted by Crippen LogP contribution is 2.09. The fraction of sp³-hybridized carbons (Fsp3) is 0.583. The van der Waals surface area contributed by atoms with Crippen LogP contribution < -0.4 is 10.0 Å². The van der Waals surface area contributed by atoms with Gasteiger partial charge in [0.2, 0.25) is 0 Å². The van der Waals surface area contributed by atoms with E-state index in [9.17, 15) is 8.42 Å². The van der Waals surface area contributed by atoms with E-state index >= 15 is 0 Å². The molecule has 1 aliphatic heterocycles. The van der Waals surface area contributed by atoms with Gasteiger partial charge in [-0.15, -0.1) is 0 Å². The van der Waals surface area contributed by atoms with Crippen molar-refractivity contribution in [1.29, 1.82) is 0 Å². The summed E-state index contributed by atoms with van der Waals surface area (Å²) in [6.07, 6.45) is 4.86. The van der Waals surface area contributed by atoms with Crippen LogP contribution in [0.15, 0.2) is 23.4 Å². The molecule has 0 spiro atoms. The highest BCUT2D eigenvalue weighted by atomic mass is 32.2. The number of sulfonamides is 1. The number of hydrogen-bond donors (Lipinski definition) is 2. The molecule has 2 N–H and O–H groups in total.